The molecule has 0 aromatic carbocycles. The molecule has 0 aliphatic rings. The van der Waals surface area contributed by atoms with E-state index in [9.17, 15) is 9.90 Å². The number of hydrogen-bond donors (Lipinski definition) is 1. The molecule has 1 N–H and O–H groups in total. The van der Waals surface area contributed by atoms with Crippen molar-refractivity contribution in [2.24, 2.45) is 0 Å². The van der Waals surface area contributed by atoms with Gasteiger partial charge in [0.1, 0.15) is 0 Å². The molecule has 0 aromatic rings. The predicted octanol–water partition coefficient (Wildman–Crippen LogP) is -4.11. The molecule has 0 amide bonds. The molecule has 46 valence electrons. The number of rotatable bonds is 1. The second-order valence-corrected chi connectivity index (χ2v) is 1.05. The minimum atomic E-state index is -1.30. The van der Waals surface area contributed by atoms with Gasteiger partial charge in [0.15, 0.2) is 0 Å². The average Bonchev–Trinajstić information content (AvgIpc) is 1.67. The van der Waals surface area contributed by atoms with Crippen molar-refractivity contribution in [3.8, 4) is 0 Å². The maximum Gasteiger partial charge on any atom is 1.00 e. The topological polar surface area (TPSA) is 73.2 Å². The Morgan fingerprint density at radius 1 is 1.78 bits per heavy atom. The van der Waals surface area contributed by atoms with E-state index in [0.717, 1.165) is 0 Å². The van der Waals surface area contributed by atoms with Crippen LogP contribution in [0, 0.1) is 5.41 Å². The summed E-state index contributed by atoms with van der Waals surface area (Å²) in [5, 5.41) is 15.9. The van der Waals surface area contributed by atoms with Gasteiger partial charge in [0.25, 0.3) is 0 Å². The molecule has 0 spiro atoms. The molecule has 0 rings (SSSR count). The van der Waals surface area contributed by atoms with Crippen molar-refractivity contribution in [1.29, 1.82) is 5.41 Å². The van der Waals surface area contributed by atoms with Crippen molar-refractivity contribution in [3.63, 3.8) is 0 Å². The van der Waals surface area contributed by atoms with Gasteiger partial charge in [-0.1, -0.05) is 0 Å². The Balaban J connectivity index is 0. The minimum Gasteiger partial charge on any atom is -0.854 e. The molecule has 9 heavy (non-hydrogen) atoms. The third kappa shape index (κ3) is 5.41. The molecular formula is C4H6LiNO3. The van der Waals surface area contributed by atoms with Crippen LogP contribution in [0.3, 0.4) is 0 Å². The molecule has 0 fully saturated rings. The number of ether oxygens (including phenoxy) is 1. The van der Waals surface area contributed by atoms with Crippen LogP contribution in [0.5, 0.6) is 0 Å². The Bertz CT molecular complexity index is 114. The Morgan fingerprint density at radius 3 is 2.33 bits per heavy atom. The molecule has 0 saturated heterocycles. The molecule has 0 aliphatic carbocycles. The van der Waals surface area contributed by atoms with Crippen molar-refractivity contribution in [2.75, 3.05) is 6.61 Å². The van der Waals surface area contributed by atoms with Crippen molar-refractivity contribution < 1.29 is 33.5 Å². The van der Waals surface area contributed by atoms with E-state index in [1.165, 1.54) is 0 Å². The summed E-state index contributed by atoms with van der Waals surface area (Å²) in [5.41, 5.74) is 0. The molecule has 0 radical (unpaired) electrons. The molecule has 0 saturated carbocycles. The molecule has 0 atom stereocenters. The van der Waals surface area contributed by atoms with Gasteiger partial charge in [0.2, 0.25) is 0 Å². The fraction of sp³-hybridized carbons (Fsp3) is 0.500. The first kappa shape index (κ1) is 11.3. The third-order valence-corrected chi connectivity index (χ3v) is 0.461. The summed E-state index contributed by atoms with van der Waals surface area (Å²) >= 11 is 0. The third-order valence-electron chi connectivity index (χ3n) is 0.461. The van der Waals surface area contributed by atoms with E-state index in [1.807, 2.05) is 0 Å². The maximum atomic E-state index is 9.98. The summed E-state index contributed by atoms with van der Waals surface area (Å²) in [6, 6.07) is 0. The maximum absolute atomic E-state index is 9.98. The van der Waals surface area contributed by atoms with Gasteiger partial charge in [0.05, 0.1) is 12.5 Å². The fourth-order valence-corrected chi connectivity index (χ4v) is 0.197. The first-order valence-electron chi connectivity index (χ1n) is 2.11. The number of esters is 1. The van der Waals surface area contributed by atoms with Crippen LogP contribution in [0.15, 0.2) is 0 Å². The van der Waals surface area contributed by atoms with Crippen molar-refractivity contribution in [3.05, 3.63) is 0 Å². The predicted molar refractivity (Wildman–Crippen MR) is 24.4 cm³/mol. The molecule has 0 heterocycles. The van der Waals surface area contributed by atoms with Crippen LogP contribution in [0.25, 0.3) is 0 Å². The summed E-state index contributed by atoms with van der Waals surface area (Å²) < 4.78 is 4.13. The number of hydrogen-bond acceptors (Lipinski definition) is 4. The Kier molecular flexibility index (Phi) is 7.15. The van der Waals surface area contributed by atoms with E-state index in [1.54, 1.807) is 6.92 Å². The Labute approximate surface area is 64.9 Å². The largest absolute Gasteiger partial charge is 1.00 e. The van der Waals surface area contributed by atoms with Gasteiger partial charge in [-0.25, -0.2) is 4.79 Å². The quantitative estimate of drug-likeness (QED) is 0.167. The second kappa shape index (κ2) is 5.67. The summed E-state index contributed by atoms with van der Waals surface area (Å²) in [6.45, 7) is 1.71. The van der Waals surface area contributed by atoms with Gasteiger partial charge < -0.3 is 15.3 Å². The summed E-state index contributed by atoms with van der Waals surface area (Å²) in [4.78, 5) is 9.98. The Morgan fingerprint density at radius 2 is 2.22 bits per heavy atom. The zero-order chi connectivity index (χ0) is 6.57. The SMILES string of the molecule is CCOC(=O)C(=N)[O-].[Li+]. The minimum absolute atomic E-state index is 0. The van der Waals surface area contributed by atoms with Crippen LogP contribution < -0.4 is 24.0 Å². The zero-order valence-corrected chi connectivity index (χ0v) is 5.43. The van der Waals surface area contributed by atoms with Gasteiger partial charge in [-0.15, -0.1) is 0 Å². The van der Waals surface area contributed by atoms with Gasteiger partial charge in [0, 0.05) is 0 Å². The molecule has 4 nitrogen and oxygen atoms in total. The molecule has 0 unspecified atom stereocenters. The zero-order valence-electron chi connectivity index (χ0n) is 5.43. The van der Waals surface area contributed by atoms with Crippen LogP contribution in [-0.2, 0) is 9.53 Å². The fourth-order valence-electron chi connectivity index (χ4n) is 0.197. The molecule has 0 aromatic heterocycles. The van der Waals surface area contributed by atoms with Crippen LogP contribution >= 0.6 is 0 Å². The van der Waals surface area contributed by atoms with Crippen LogP contribution in [0.4, 0.5) is 0 Å². The van der Waals surface area contributed by atoms with E-state index in [-0.39, 0.29) is 25.5 Å². The van der Waals surface area contributed by atoms with Gasteiger partial charge in [-0.3, -0.25) is 0 Å². The van der Waals surface area contributed by atoms with Crippen LogP contribution in [-0.4, -0.2) is 18.5 Å². The van der Waals surface area contributed by atoms with E-state index in [0.29, 0.717) is 0 Å². The van der Waals surface area contributed by atoms with E-state index < -0.39 is 11.9 Å². The number of carbonyl (C=O) groups is 1. The molecule has 0 bridgehead atoms. The van der Waals surface area contributed by atoms with Gasteiger partial charge in [-0.05, 0) is 6.92 Å². The first-order valence-corrected chi connectivity index (χ1v) is 2.11. The molecular weight excluding hydrogens is 117 g/mol. The summed E-state index contributed by atoms with van der Waals surface area (Å²) in [7, 11) is 0. The monoisotopic (exact) mass is 123 g/mol. The number of carbonyl (C=O) groups excluding carboxylic acids is 1. The van der Waals surface area contributed by atoms with Crippen LogP contribution in [0.1, 0.15) is 6.92 Å². The molecule has 5 heteroatoms. The van der Waals surface area contributed by atoms with Crippen molar-refractivity contribution in [2.45, 2.75) is 6.92 Å². The molecule has 0 aliphatic heterocycles. The van der Waals surface area contributed by atoms with Crippen molar-refractivity contribution >= 4 is 11.9 Å². The summed E-state index contributed by atoms with van der Waals surface area (Å²) in [6.07, 6.45) is 0. The van der Waals surface area contributed by atoms with E-state index >= 15 is 0 Å². The normalized spacial score (nSPS) is 7.22. The Hall–Kier alpha value is -0.463. The van der Waals surface area contributed by atoms with E-state index in [2.05, 4.69) is 4.74 Å². The average molecular weight is 123 g/mol. The van der Waals surface area contributed by atoms with Gasteiger partial charge >= 0.3 is 24.8 Å². The second-order valence-electron chi connectivity index (χ2n) is 1.05. The standard InChI is InChI=1S/C4H7NO3.Li/c1-2-8-4(7)3(5)6;/h2H2,1H3,(H2,5,6);/q;+1/p-1. The number of nitrogens with one attached hydrogen (secondary N) is 1. The van der Waals surface area contributed by atoms with Crippen molar-refractivity contribution in [1.82, 2.24) is 0 Å². The van der Waals surface area contributed by atoms with Crippen LogP contribution in [0.2, 0.25) is 0 Å². The van der Waals surface area contributed by atoms with Gasteiger partial charge in [-0.2, -0.15) is 0 Å². The summed E-state index contributed by atoms with van der Waals surface area (Å²) in [5.74, 6) is -2.39. The van der Waals surface area contributed by atoms with E-state index in [4.69, 9.17) is 5.41 Å². The smallest absolute Gasteiger partial charge is 0.854 e. The first-order chi connectivity index (χ1) is 3.68.